The molecule has 6 heteroatoms. The maximum Gasteiger partial charge on any atom is 0.276 e. The summed E-state index contributed by atoms with van der Waals surface area (Å²) in [7, 11) is 0. The van der Waals surface area contributed by atoms with Crippen molar-refractivity contribution in [2.45, 2.75) is 25.7 Å². The summed E-state index contributed by atoms with van der Waals surface area (Å²) in [6.45, 7) is 1.77. The number of fused-ring (bicyclic) bond motifs is 1. The lowest BCUT2D eigenvalue weighted by Crippen LogP contribution is -2.21. The largest absolute Gasteiger partial charge is 0.286 e. The summed E-state index contributed by atoms with van der Waals surface area (Å²) in [5.41, 5.74) is 2.02. The molecule has 1 aliphatic carbocycles. The second-order valence-corrected chi connectivity index (χ2v) is 6.09. The Kier molecular flexibility index (Phi) is 2.87. The van der Waals surface area contributed by atoms with Gasteiger partial charge in [-0.15, -0.1) is 0 Å². The number of hydrogen-bond acceptors (Lipinski definition) is 2. The summed E-state index contributed by atoms with van der Waals surface area (Å²) in [6.07, 6.45) is 1.99. The van der Waals surface area contributed by atoms with Crippen molar-refractivity contribution < 1.29 is 4.39 Å². The average Bonchev–Trinajstić information content (AvgIpc) is 3.26. The summed E-state index contributed by atoms with van der Waals surface area (Å²) in [5.74, 6) is -0.257. The van der Waals surface area contributed by atoms with Crippen LogP contribution in [0.5, 0.6) is 0 Å². The summed E-state index contributed by atoms with van der Waals surface area (Å²) < 4.78 is 15.8. The van der Waals surface area contributed by atoms with Gasteiger partial charge in [-0.25, -0.2) is 9.37 Å². The standard InChI is InChI=1S/C16H13ClFN3O/c1-8-12(9-2-3-9)16(22)21-15(19-8)13(18)14(20-21)10-4-6-11(17)7-5-10/h4-7,9,20H,2-3H2,1H3. The third kappa shape index (κ3) is 1.96. The Morgan fingerprint density at radius 2 is 2.00 bits per heavy atom. The van der Waals surface area contributed by atoms with Crippen molar-refractivity contribution >= 4 is 17.2 Å². The van der Waals surface area contributed by atoms with Crippen LogP contribution in [-0.4, -0.2) is 14.6 Å². The molecule has 4 nitrogen and oxygen atoms in total. The van der Waals surface area contributed by atoms with E-state index in [0.717, 1.165) is 12.8 Å². The minimum absolute atomic E-state index is 0.0388. The van der Waals surface area contributed by atoms with Crippen LogP contribution in [0.1, 0.15) is 30.0 Å². The lowest BCUT2D eigenvalue weighted by Gasteiger charge is -2.02. The summed E-state index contributed by atoms with van der Waals surface area (Å²) in [6, 6.07) is 6.77. The topological polar surface area (TPSA) is 50.2 Å². The molecule has 2 aromatic heterocycles. The van der Waals surface area contributed by atoms with Crippen LogP contribution >= 0.6 is 11.6 Å². The number of aryl methyl sites for hydroxylation is 1. The molecule has 0 bridgehead atoms. The van der Waals surface area contributed by atoms with E-state index in [1.54, 1.807) is 31.2 Å². The van der Waals surface area contributed by atoms with Gasteiger partial charge in [0, 0.05) is 21.8 Å². The molecular formula is C16H13ClFN3O. The fourth-order valence-electron chi connectivity index (χ4n) is 2.81. The van der Waals surface area contributed by atoms with Crippen molar-refractivity contribution in [1.82, 2.24) is 14.6 Å². The number of H-pyrrole nitrogens is 1. The Balaban J connectivity index is 1.98. The highest BCUT2D eigenvalue weighted by atomic mass is 35.5. The Morgan fingerprint density at radius 3 is 2.64 bits per heavy atom. The fraction of sp³-hybridized carbons (Fsp3) is 0.250. The van der Waals surface area contributed by atoms with Crippen molar-refractivity contribution in [2.24, 2.45) is 0 Å². The van der Waals surface area contributed by atoms with E-state index >= 15 is 0 Å². The highest BCUT2D eigenvalue weighted by molar-refractivity contribution is 6.30. The number of aromatic nitrogens is 3. The molecule has 1 saturated carbocycles. The van der Waals surface area contributed by atoms with Crippen molar-refractivity contribution in [3.05, 3.63) is 56.7 Å². The average molecular weight is 318 g/mol. The Hall–Kier alpha value is -2.14. The number of halogens is 2. The maximum absolute atomic E-state index is 14.6. The van der Waals surface area contributed by atoms with Crippen molar-refractivity contribution in [3.63, 3.8) is 0 Å². The van der Waals surface area contributed by atoms with Gasteiger partial charge in [-0.1, -0.05) is 23.7 Å². The molecule has 1 aromatic carbocycles. The Bertz CT molecular complexity index is 939. The van der Waals surface area contributed by atoms with Gasteiger partial charge in [0.15, 0.2) is 11.5 Å². The number of aromatic amines is 1. The van der Waals surface area contributed by atoms with Gasteiger partial charge in [0.1, 0.15) is 5.69 Å². The van der Waals surface area contributed by atoms with Gasteiger partial charge in [0.25, 0.3) is 5.56 Å². The van der Waals surface area contributed by atoms with Crippen LogP contribution in [0, 0.1) is 12.7 Å². The SMILES string of the molecule is Cc1nc2c(F)c(-c3ccc(Cl)cc3)[nH]n2c(=O)c1C1CC1. The predicted octanol–water partition coefficient (Wildman–Crippen LogP) is 3.67. The molecule has 3 aromatic rings. The van der Waals surface area contributed by atoms with Gasteiger partial charge in [0.05, 0.1) is 0 Å². The molecule has 0 spiro atoms. The van der Waals surface area contributed by atoms with Gasteiger partial charge < -0.3 is 0 Å². The zero-order valence-corrected chi connectivity index (χ0v) is 12.6. The van der Waals surface area contributed by atoms with E-state index in [0.29, 0.717) is 21.8 Å². The second-order valence-electron chi connectivity index (χ2n) is 5.66. The van der Waals surface area contributed by atoms with Crippen molar-refractivity contribution in [3.8, 4) is 11.3 Å². The van der Waals surface area contributed by atoms with E-state index in [-0.39, 0.29) is 22.8 Å². The molecular weight excluding hydrogens is 305 g/mol. The monoisotopic (exact) mass is 317 g/mol. The normalized spacial score (nSPS) is 14.7. The highest BCUT2D eigenvalue weighted by Gasteiger charge is 2.30. The van der Waals surface area contributed by atoms with E-state index in [1.807, 2.05) is 0 Å². The van der Waals surface area contributed by atoms with E-state index in [9.17, 15) is 9.18 Å². The number of nitrogens with zero attached hydrogens (tertiary/aromatic N) is 2. The van der Waals surface area contributed by atoms with E-state index < -0.39 is 5.82 Å². The van der Waals surface area contributed by atoms with Crippen LogP contribution in [0.3, 0.4) is 0 Å². The zero-order chi connectivity index (χ0) is 15.4. The molecule has 112 valence electrons. The van der Waals surface area contributed by atoms with E-state index in [4.69, 9.17) is 11.6 Å². The summed E-state index contributed by atoms with van der Waals surface area (Å²) >= 11 is 5.85. The molecule has 22 heavy (non-hydrogen) atoms. The molecule has 0 unspecified atom stereocenters. The van der Waals surface area contributed by atoms with Gasteiger partial charge in [0.2, 0.25) is 0 Å². The lowest BCUT2D eigenvalue weighted by molar-refractivity contribution is 0.638. The third-order valence-electron chi connectivity index (χ3n) is 4.07. The Labute approximate surface area is 130 Å². The number of benzene rings is 1. The van der Waals surface area contributed by atoms with Crippen LogP contribution in [0.15, 0.2) is 29.1 Å². The minimum atomic E-state index is -0.523. The first-order valence-corrected chi connectivity index (χ1v) is 7.50. The number of hydrogen-bond donors (Lipinski definition) is 1. The molecule has 4 rings (SSSR count). The smallest absolute Gasteiger partial charge is 0.276 e. The number of nitrogens with one attached hydrogen (secondary N) is 1. The van der Waals surface area contributed by atoms with Crippen molar-refractivity contribution in [1.29, 1.82) is 0 Å². The first-order valence-electron chi connectivity index (χ1n) is 7.13. The Morgan fingerprint density at radius 1 is 1.32 bits per heavy atom. The van der Waals surface area contributed by atoms with Crippen LogP contribution in [0.4, 0.5) is 4.39 Å². The molecule has 1 aliphatic rings. The lowest BCUT2D eigenvalue weighted by atomic mass is 10.1. The van der Waals surface area contributed by atoms with Gasteiger partial charge in [-0.05, 0) is 37.8 Å². The van der Waals surface area contributed by atoms with Gasteiger partial charge in [-0.3, -0.25) is 9.89 Å². The third-order valence-corrected chi connectivity index (χ3v) is 4.32. The van der Waals surface area contributed by atoms with E-state index in [2.05, 4.69) is 10.1 Å². The molecule has 0 amide bonds. The van der Waals surface area contributed by atoms with Crippen LogP contribution in [-0.2, 0) is 0 Å². The molecule has 0 aliphatic heterocycles. The number of rotatable bonds is 2. The van der Waals surface area contributed by atoms with Gasteiger partial charge >= 0.3 is 0 Å². The zero-order valence-electron chi connectivity index (χ0n) is 11.9. The van der Waals surface area contributed by atoms with Crippen LogP contribution in [0.2, 0.25) is 5.02 Å². The predicted molar refractivity (Wildman–Crippen MR) is 82.9 cm³/mol. The molecule has 1 N–H and O–H groups in total. The molecule has 0 saturated heterocycles. The molecule has 1 fully saturated rings. The van der Waals surface area contributed by atoms with Crippen molar-refractivity contribution in [2.75, 3.05) is 0 Å². The minimum Gasteiger partial charge on any atom is -0.286 e. The summed E-state index contributed by atoms with van der Waals surface area (Å²) in [5, 5.41) is 3.41. The first-order chi connectivity index (χ1) is 10.6. The molecule has 0 atom stereocenters. The second kappa shape index (κ2) is 4.68. The van der Waals surface area contributed by atoms with E-state index in [1.165, 1.54) is 4.52 Å². The first kappa shape index (κ1) is 13.5. The van der Waals surface area contributed by atoms with Crippen LogP contribution in [0.25, 0.3) is 16.9 Å². The quantitative estimate of drug-likeness (QED) is 0.784. The molecule has 2 heterocycles. The van der Waals surface area contributed by atoms with Crippen LogP contribution < -0.4 is 5.56 Å². The summed E-state index contributed by atoms with van der Waals surface area (Å²) in [4.78, 5) is 16.9. The van der Waals surface area contributed by atoms with Gasteiger partial charge in [-0.2, -0.15) is 4.52 Å². The fourth-order valence-corrected chi connectivity index (χ4v) is 2.94. The molecule has 0 radical (unpaired) electrons. The highest BCUT2D eigenvalue weighted by Crippen LogP contribution is 2.39. The maximum atomic E-state index is 14.6.